The van der Waals surface area contributed by atoms with Gasteiger partial charge >= 0.3 is 37.7 Å². The van der Waals surface area contributed by atoms with Crippen molar-refractivity contribution in [3.8, 4) is 0 Å². The summed E-state index contributed by atoms with van der Waals surface area (Å²) in [6, 6.07) is 19.1. The molecule has 0 fully saturated rings. The number of aryl methyl sites for hydroxylation is 4. The van der Waals surface area contributed by atoms with Gasteiger partial charge in [-0.15, -0.1) is 0 Å². The Balaban J connectivity index is 0.000000520. The Morgan fingerprint density at radius 2 is 0.494 bits per heavy atom. The first-order chi connectivity index (χ1) is 36.9. The van der Waals surface area contributed by atoms with Crippen molar-refractivity contribution in [1.29, 1.82) is 0 Å². The van der Waals surface area contributed by atoms with Gasteiger partial charge in [0.25, 0.3) is 0 Å². The average molecular weight is 1130 g/mol. The van der Waals surface area contributed by atoms with E-state index in [1.54, 1.807) is 12.1 Å². The van der Waals surface area contributed by atoms with E-state index >= 15 is 0 Å². The minimum Gasteiger partial charge on any atom is -0.744 e. The van der Waals surface area contributed by atoms with Gasteiger partial charge in [0.05, 0.1) is 9.79 Å². The minimum absolute atomic E-state index is 0. The van der Waals surface area contributed by atoms with Gasteiger partial charge in [0.2, 0.25) is 0 Å². The number of fused-ring (bicyclic) bond motifs is 2. The minimum atomic E-state index is -4.50. The van der Waals surface area contributed by atoms with Crippen LogP contribution in [-0.2, 0) is 45.9 Å². The van der Waals surface area contributed by atoms with Gasteiger partial charge in [-0.2, -0.15) is 0 Å². The normalized spacial score (nSPS) is 11.8. The molecule has 9 heteroatoms. The first-order valence-corrected chi connectivity index (χ1v) is 34.8. The molecule has 0 aliphatic rings. The summed E-state index contributed by atoms with van der Waals surface area (Å²) in [6.07, 6.45) is 55.7. The molecule has 0 atom stereocenters. The Morgan fingerprint density at radius 1 is 0.273 bits per heavy atom. The van der Waals surface area contributed by atoms with Crippen LogP contribution < -0.4 is 0 Å². The largest absolute Gasteiger partial charge is 2.00 e. The van der Waals surface area contributed by atoms with E-state index in [0.29, 0.717) is 10.8 Å². The zero-order valence-electron chi connectivity index (χ0n) is 49.9. The van der Waals surface area contributed by atoms with E-state index in [1.165, 1.54) is 231 Å². The van der Waals surface area contributed by atoms with E-state index in [4.69, 9.17) is 0 Å². The summed E-state index contributed by atoms with van der Waals surface area (Å²) in [4.78, 5) is -0.131. The van der Waals surface area contributed by atoms with Gasteiger partial charge in [-0.3, -0.25) is 0 Å². The van der Waals surface area contributed by atoms with E-state index in [9.17, 15) is 25.9 Å². The molecule has 0 N–H and O–H groups in total. The molecule has 0 saturated heterocycles. The number of hydrogen-bond donors (Lipinski definition) is 0. The SMILES string of the molecule is CCCCCCCCCCCCc1ccc2c(CCCCCCCCCCCC)ccc(S(=O)(=O)[O-])c2c1.CCCCCCCCCCCCc1ccc2c(CCCCCCCCCCCC)ccc(S(=O)(=O)[O-])c2c1.[Ca+2]. The van der Waals surface area contributed by atoms with Crippen LogP contribution in [0.25, 0.3) is 21.5 Å². The van der Waals surface area contributed by atoms with Crippen LogP contribution in [0.4, 0.5) is 0 Å². The molecule has 4 rings (SSSR count). The summed E-state index contributed by atoms with van der Waals surface area (Å²) in [7, 11) is -9.00. The summed E-state index contributed by atoms with van der Waals surface area (Å²) >= 11 is 0. The van der Waals surface area contributed by atoms with Crippen LogP contribution in [0.3, 0.4) is 0 Å². The summed E-state index contributed by atoms with van der Waals surface area (Å²) in [5, 5.41) is 3.11. The van der Waals surface area contributed by atoms with Gasteiger partial charge in [-0.25, -0.2) is 16.8 Å². The van der Waals surface area contributed by atoms with Crippen LogP contribution in [0.2, 0.25) is 0 Å². The molecule has 0 amide bonds. The maximum absolute atomic E-state index is 12.0. The van der Waals surface area contributed by atoms with Crippen molar-refractivity contribution in [3.05, 3.63) is 82.9 Å². The maximum Gasteiger partial charge on any atom is 2.00 e. The molecular formula is C68H110CaO6S2. The molecule has 77 heavy (non-hydrogen) atoms. The second-order valence-corrected chi connectivity index (χ2v) is 25.5. The molecular weight excluding hydrogens is 1020 g/mol. The van der Waals surface area contributed by atoms with Gasteiger partial charge in [0, 0.05) is 0 Å². The Morgan fingerprint density at radius 3 is 0.727 bits per heavy atom. The Labute approximate surface area is 504 Å². The second-order valence-electron chi connectivity index (χ2n) is 22.8. The van der Waals surface area contributed by atoms with Crippen molar-refractivity contribution in [3.63, 3.8) is 0 Å². The zero-order valence-corrected chi connectivity index (χ0v) is 53.7. The monoisotopic (exact) mass is 1130 g/mol. The quantitative estimate of drug-likeness (QED) is 0.0247. The van der Waals surface area contributed by atoms with Crippen molar-refractivity contribution in [2.45, 2.75) is 320 Å². The van der Waals surface area contributed by atoms with Gasteiger partial charge in [-0.1, -0.05) is 295 Å². The first kappa shape index (κ1) is 71.6. The number of unbranched alkanes of at least 4 members (excludes halogenated alkanes) is 36. The molecule has 0 saturated carbocycles. The van der Waals surface area contributed by atoms with E-state index in [0.717, 1.165) is 84.4 Å². The summed E-state index contributed by atoms with van der Waals surface area (Å²) in [5.74, 6) is 0. The van der Waals surface area contributed by atoms with Crippen LogP contribution in [0.5, 0.6) is 0 Å². The molecule has 0 aromatic heterocycles. The molecule has 432 valence electrons. The predicted octanol–water partition coefficient (Wildman–Crippen LogP) is 21.0. The Hall–Kier alpha value is -1.52. The van der Waals surface area contributed by atoms with Gasteiger partial charge < -0.3 is 9.11 Å². The molecule has 0 unspecified atom stereocenters. The van der Waals surface area contributed by atoms with E-state index in [1.807, 2.05) is 24.3 Å². The average Bonchev–Trinajstić information content (AvgIpc) is 3.44. The maximum atomic E-state index is 12.0. The van der Waals surface area contributed by atoms with Crippen molar-refractivity contribution in [1.82, 2.24) is 0 Å². The summed E-state index contributed by atoms with van der Waals surface area (Å²) in [6.45, 7) is 9.03. The predicted molar refractivity (Wildman–Crippen MR) is 332 cm³/mol. The second kappa shape index (κ2) is 45.1. The molecule has 0 heterocycles. The first-order valence-electron chi connectivity index (χ1n) is 31.9. The van der Waals surface area contributed by atoms with E-state index in [-0.39, 0.29) is 47.5 Å². The number of rotatable bonds is 46. The third kappa shape index (κ3) is 32.1. The van der Waals surface area contributed by atoms with Crippen molar-refractivity contribution < 1.29 is 25.9 Å². The van der Waals surface area contributed by atoms with Gasteiger partial charge in [-0.05, 0) is 119 Å². The smallest absolute Gasteiger partial charge is 0.744 e. The molecule has 6 nitrogen and oxygen atoms in total. The zero-order chi connectivity index (χ0) is 55.0. The Bertz CT molecular complexity index is 2160. The van der Waals surface area contributed by atoms with Gasteiger partial charge in [0.15, 0.2) is 0 Å². The molecule has 4 aromatic carbocycles. The molecule has 4 aromatic rings. The van der Waals surface area contributed by atoms with Crippen LogP contribution in [0.1, 0.15) is 307 Å². The van der Waals surface area contributed by atoms with Crippen LogP contribution in [0.15, 0.2) is 70.5 Å². The van der Waals surface area contributed by atoms with Crippen molar-refractivity contribution in [2.24, 2.45) is 0 Å². The van der Waals surface area contributed by atoms with Gasteiger partial charge in [0.1, 0.15) is 20.2 Å². The molecule has 0 spiro atoms. The summed E-state index contributed by atoms with van der Waals surface area (Å²) in [5.41, 5.74) is 4.60. The molecule has 0 aliphatic heterocycles. The fourth-order valence-corrected chi connectivity index (χ4v) is 12.6. The fraction of sp³-hybridized carbons (Fsp3) is 0.706. The number of benzene rings is 4. The van der Waals surface area contributed by atoms with Crippen LogP contribution in [-0.4, -0.2) is 63.7 Å². The standard InChI is InChI=1S/2C34H56O3S.Ca/c2*1-3-5-7-9-11-13-15-17-19-21-23-30-25-27-32-31(26-28-34(33(32)29-30)38(35,36)37)24-22-20-18-16-14-12-10-8-6-4-2;/h2*25-29H,3-24H2,1-2H3,(H,35,36,37);/q;;+2/p-2. The third-order valence-electron chi connectivity index (χ3n) is 16.0. The number of hydrogen-bond acceptors (Lipinski definition) is 6. The Kier molecular flexibility index (Phi) is 41.9. The summed E-state index contributed by atoms with van der Waals surface area (Å²) < 4.78 is 72.0. The van der Waals surface area contributed by atoms with Crippen LogP contribution >= 0.6 is 0 Å². The van der Waals surface area contributed by atoms with E-state index in [2.05, 4.69) is 52.0 Å². The third-order valence-corrected chi connectivity index (χ3v) is 17.8. The van der Waals surface area contributed by atoms with Crippen molar-refractivity contribution in [2.75, 3.05) is 0 Å². The van der Waals surface area contributed by atoms with Crippen LogP contribution in [0, 0.1) is 0 Å². The molecule has 0 radical (unpaired) electrons. The molecule has 0 aliphatic carbocycles. The fourth-order valence-electron chi connectivity index (χ4n) is 11.3. The topological polar surface area (TPSA) is 114 Å². The van der Waals surface area contributed by atoms with Crippen molar-refractivity contribution >= 4 is 79.5 Å². The van der Waals surface area contributed by atoms with E-state index < -0.39 is 20.2 Å². The molecule has 0 bridgehead atoms.